The second-order valence-electron chi connectivity index (χ2n) is 6.13. The Kier molecular flexibility index (Phi) is 4.71. The van der Waals surface area contributed by atoms with Gasteiger partial charge in [0.05, 0.1) is 22.0 Å². The van der Waals surface area contributed by atoms with Crippen molar-refractivity contribution >= 4 is 21.7 Å². The van der Waals surface area contributed by atoms with Crippen LogP contribution >= 0.6 is 15.9 Å². The SMILES string of the molecule is CCCNc1nc(-c2ccoc2C)nc(C(C)(C)C)c1Br. The molecule has 0 aliphatic heterocycles. The minimum Gasteiger partial charge on any atom is -0.469 e. The van der Waals surface area contributed by atoms with Crippen LogP contribution in [0.15, 0.2) is 21.2 Å². The molecule has 2 aromatic rings. The van der Waals surface area contributed by atoms with Gasteiger partial charge in [0.25, 0.3) is 0 Å². The van der Waals surface area contributed by atoms with Gasteiger partial charge in [0, 0.05) is 12.0 Å². The van der Waals surface area contributed by atoms with Crippen LogP contribution in [0, 0.1) is 6.92 Å². The molecule has 5 heteroatoms. The van der Waals surface area contributed by atoms with Crippen LogP contribution in [0.3, 0.4) is 0 Å². The molecule has 0 amide bonds. The molecule has 0 spiro atoms. The average molecular weight is 352 g/mol. The van der Waals surface area contributed by atoms with Gasteiger partial charge in [-0.3, -0.25) is 0 Å². The summed E-state index contributed by atoms with van der Waals surface area (Å²) < 4.78 is 6.32. The highest BCUT2D eigenvalue weighted by atomic mass is 79.9. The fourth-order valence-electron chi connectivity index (χ4n) is 2.04. The predicted molar refractivity (Wildman–Crippen MR) is 89.7 cm³/mol. The number of nitrogens with zero attached hydrogens (tertiary/aromatic N) is 2. The number of aromatic nitrogens is 2. The summed E-state index contributed by atoms with van der Waals surface area (Å²) >= 11 is 3.65. The molecule has 0 aliphatic carbocycles. The standard InChI is InChI=1S/C16H22BrN3O/c1-6-8-18-15-12(17)13(16(3,4)5)19-14(20-15)11-7-9-21-10(11)2/h7,9H,6,8H2,1-5H3,(H,18,19,20). The molecule has 0 atom stereocenters. The summed E-state index contributed by atoms with van der Waals surface area (Å²) in [6.45, 7) is 11.4. The Labute approximate surface area is 134 Å². The van der Waals surface area contributed by atoms with Crippen LogP contribution in [0.5, 0.6) is 0 Å². The molecule has 2 rings (SSSR count). The van der Waals surface area contributed by atoms with E-state index >= 15 is 0 Å². The monoisotopic (exact) mass is 351 g/mol. The van der Waals surface area contributed by atoms with Crippen LogP contribution < -0.4 is 5.32 Å². The van der Waals surface area contributed by atoms with Crippen molar-refractivity contribution in [1.82, 2.24) is 9.97 Å². The van der Waals surface area contributed by atoms with Gasteiger partial charge >= 0.3 is 0 Å². The smallest absolute Gasteiger partial charge is 0.165 e. The normalized spacial score (nSPS) is 11.7. The van der Waals surface area contributed by atoms with Crippen LogP contribution in [-0.4, -0.2) is 16.5 Å². The molecule has 0 aliphatic rings. The van der Waals surface area contributed by atoms with E-state index < -0.39 is 0 Å². The van der Waals surface area contributed by atoms with E-state index in [9.17, 15) is 0 Å². The van der Waals surface area contributed by atoms with Gasteiger partial charge in [-0.2, -0.15) is 0 Å². The second-order valence-corrected chi connectivity index (χ2v) is 6.92. The largest absolute Gasteiger partial charge is 0.469 e. The molecule has 0 saturated carbocycles. The van der Waals surface area contributed by atoms with Gasteiger partial charge in [-0.25, -0.2) is 9.97 Å². The Balaban J connectivity index is 2.59. The average Bonchev–Trinajstić information content (AvgIpc) is 2.82. The summed E-state index contributed by atoms with van der Waals surface area (Å²) in [6, 6.07) is 1.91. The number of anilines is 1. The van der Waals surface area contributed by atoms with Crippen LogP contribution in [0.4, 0.5) is 5.82 Å². The van der Waals surface area contributed by atoms with Crippen LogP contribution in [0.25, 0.3) is 11.4 Å². The molecule has 2 aromatic heterocycles. The molecule has 0 saturated heterocycles. The minimum atomic E-state index is -0.0726. The molecule has 0 unspecified atom stereocenters. The van der Waals surface area contributed by atoms with Gasteiger partial charge in [0.15, 0.2) is 5.82 Å². The van der Waals surface area contributed by atoms with E-state index in [0.717, 1.165) is 40.3 Å². The number of hydrogen-bond acceptors (Lipinski definition) is 4. The lowest BCUT2D eigenvalue weighted by atomic mass is 9.91. The summed E-state index contributed by atoms with van der Waals surface area (Å²) in [6.07, 6.45) is 2.72. The third-order valence-electron chi connectivity index (χ3n) is 3.20. The van der Waals surface area contributed by atoms with Crippen molar-refractivity contribution in [3.05, 3.63) is 28.3 Å². The van der Waals surface area contributed by atoms with Crippen molar-refractivity contribution in [1.29, 1.82) is 0 Å². The molecular weight excluding hydrogens is 330 g/mol. The van der Waals surface area contributed by atoms with E-state index in [-0.39, 0.29) is 5.41 Å². The zero-order chi connectivity index (χ0) is 15.6. The van der Waals surface area contributed by atoms with Crippen LogP contribution in [-0.2, 0) is 5.41 Å². The van der Waals surface area contributed by atoms with E-state index in [0.29, 0.717) is 5.82 Å². The van der Waals surface area contributed by atoms with Crippen LogP contribution in [0.1, 0.15) is 45.6 Å². The quantitative estimate of drug-likeness (QED) is 0.848. The molecule has 0 radical (unpaired) electrons. The lowest BCUT2D eigenvalue weighted by molar-refractivity contribution is 0.534. The van der Waals surface area contributed by atoms with Crippen molar-refractivity contribution in [2.24, 2.45) is 0 Å². The highest BCUT2D eigenvalue weighted by molar-refractivity contribution is 9.10. The maximum atomic E-state index is 5.38. The maximum Gasteiger partial charge on any atom is 0.165 e. The molecule has 0 bridgehead atoms. The molecule has 4 nitrogen and oxygen atoms in total. The number of nitrogens with one attached hydrogen (secondary N) is 1. The summed E-state index contributed by atoms with van der Waals surface area (Å²) in [5.74, 6) is 2.37. The first-order valence-electron chi connectivity index (χ1n) is 7.21. The number of halogens is 1. The fourth-order valence-corrected chi connectivity index (χ4v) is 2.95. The molecule has 2 heterocycles. The topological polar surface area (TPSA) is 51.0 Å². The summed E-state index contributed by atoms with van der Waals surface area (Å²) in [7, 11) is 0. The lowest BCUT2D eigenvalue weighted by Gasteiger charge is -2.22. The van der Waals surface area contributed by atoms with Gasteiger partial charge in [-0.1, -0.05) is 27.7 Å². The van der Waals surface area contributed by atoms with Gasteiger partial charge in [0.1, 0.15) is 11.6 Å². The number of aryl methyl sites for hydroxylation is 1. The van der Waals surface area contributed by atoms with E-state index in [1.165, 1.54) is 0 Å². The van der Waals surface area contributed by atoms with E-state index in [1.807, 2.05) is 13.0 Å². The van der Waals surface area contributed by atoms with E-state index in [4.69, 9.17) is 9.40 Å². The van der Waals surface area contributed by atoms with Crippen molar-refractivity contribution < 1.29 is 4.42 Å². The van der Waals surface area contributed by atoms with Gasteiger partial charge in [-0.05, 0) is 35.3 Å². The zero-order valence-electron chi connectivity index (χ0n) is 13.2. The highest BCUT2D eigenvalue weighted by Crippen LogP contribution is 2.35. The van der Waals surface area contributed by atoms with Crippen molar-refractivity contribution in [2.45, 2.75) is 46.5 Å². The first kappa shape index (κ1) is 16.0. The summed E-state index contributed by atoms with van der Waals surface area (Å²) in [5, 5.41) is 3.37. The lowest BCUT2D eigenvalue weighted by Crippen LogP contribution is -2.17. The molecule has 0 aromatic carbocycles. The second kappa shape index (κ2) is 6.18. The third kappa shape index (κ3) is 3.46. The first-order valence-corrected chi connectivity index (χ1v) is 8.00. The van der Waals surface area contributed by atoms with E-state index in [1.54, 1.807) is 6.26 Å². The van der Waals surface area contributed by atoms with Crippen LogP contribution in [0.2, 0.25) is 0 Å². The Morgan fingerprint density at radius 1 is 1.29 bits per heavy atom. The molecular formula is C16H22BrN3O. The van der Waals surface area contributed by atoms with Crippen molar-refractivity contribution in [2.75, 3.05) is 11.9 Å². The fraction of sp³-hybridized carbons (Fsp3) is 0.500. The number of hydrogen-bond donors (Lipinski definition) is 1. The van der Waals surface area contributed by atoms with Gasteiger partial charge in [-0.15, -0.1) is 0 Å². The minimum absolute atomic E-state index is 0.0726. The Morgan fingerprint density at radius 3 is 2.52 bits per heavy atom. The molecule has 0 fully saturated rings. The summed E-state index contributed by atoms with van der Waals surface area (Å²) in [5.41, 5.74) is 1.86. The molecule has 114 valence electrons. The molecule has 1 N–H and O–H groups in total. The first-order chi connectivity index (χ1) is 9.84. The number of rotatable bonds is 4. The Bertz CT molecular complexity index is 629. The van der Waals surface area contributed by atoms with Gasteiger partial charge in [0.2, 0.25) is 0 Å². The van der Waals surface area contributed by atoms with Crippen molar-refractivity contribution in [3.63, 3.8) is 0 Å². The zero-order valence-corrected chi connectivity index (χ0v) is 14.8. The number of furan rings is 1. The predicted octanol–water partition coefficient (Wildman–Crippen LogP) is 4.93. The summed E-state index contributed by atoms with van der Waals surface area (Å²) in [4.78, 5) is 9.42. The molecule has 21 heavy (non-hydrogen) atoms. The Morgan fingerprint density at radius 2 is 2.00 bits per heavy atom. The van der Waals surface area contributed by atoms with E-state index in [2.05, 4.69) is 53.9 Å². The highest BCUT2D eigenvalue weighted by Gasteiger charge is 2.24. The Hall–Kier alpha value is -1.36. The third-order valence-corrected chi connectivity index (χ3v) is 3.95. The van der Waals surface area contributed by atoms with Crippen molar-refractivity contribution in [3.8, 4) is 11.4 Å². The maximum absolute atomic E-state index is 5.38. The van der Waals surface area contributed by atoms with Gasteiger partial charge < -0.3 is 9.73 Å².